The first kappa shape index (κ1) is 20.7. The van der Waals surface area contributed by atoms with Gasteiger partial charge in [-0.1, -0.05) is 44.5 Å². The molecule has 0 bridgehead atoms. The van der Waals surface area contributed by atoms with Gasteiger partial charge in [0, 0.05) is 12.0 Å². The lowest BCUT2D eigenvalue weighted by atomic mass is 9.95. The zero-order chi connectivity index (χ0) is 18.0. The number of nitrogens with zero attached hydrogens (tertiary/aromatic N) is 3. The fourth-order valence-electron chi connectivity index (χ4n) is 3.06. The lowest BCUT2D eigenvalue weighted by Gasteiger charge is -2.29. The SMILES string of the molecule is CC(C)c1nc(C(=O)NC2CCNCC2C)nn1-c1ccccc1Cl.Cl. The van der Waals surface area contributed by atoms with Crippen molar-refractivity contribution in [2.75, 3.05) is 13.1 Å². The maximum absolute atomic E-state index is 12.7. The molecule has 8 heteroatoms. The Bertz CT molecular complexity index is 762. The van der Waals surface area contributed by atoms with E-state index in [0.29, 0.717) is 10.9 Å². The second kappa shape index (κ2) is 8.84. The number of halogens is 2. The van der Waals surface area contributed by atoms with Gasteiger partial charge in [0.25, 0.3) is 5.91 Å². The monoisotopic (exact) mass is 397 g/mol. The van der Waals surface area contributed by atoms with Crippen molar-refractivity contribution in [3.05, 3.63) is 40.9 Å². The fourth-order valence-corrected chi connectivity index (χ4v) is 3.27. The first-order valence-corrected chi connectivity index (χ1v) is 9.08. The molecule has 1 aromatic carbocycles. The van der Waals surface area contributed by atoms with Gasteiger partial charge in [0.15, 0.2) is 0 Å². The molecule has 3 rings (SSSR count). The van der Waals surface area contributed by atoms with Gasteiger partial charge >= 0.3 is 0 Å². The molecule has 1 saturated heterocycles. The Labute approximate surface area is 165 Å². The molecule has 0 aliphatic carbocycles. The zero-order valence-corrected chi connectivity index (χ0v) is 16.8. The van der Waals surface area contributed by atoms with Gasteiger partial charge in [0.1, 0.15) is 5.82 Å². The van der Waals surface area contributed by atoms with Crippen LogP contribution in [0.25, 0.3) is 5.69 Å². The Kier molecular flexibility index (Phi) is 7.03. The second-order valence-electron chi connectivity index (χ2n) is 6.86. The number of carbonyl (C=O) groups is 1. The number of benzene rings is 1. The zero-order valence-electron chi connectivity index (χ0n) is 15.2. The number of hydrogen-bond donors (Lipinski definition) is 2. The molecule has 2 heterocycles. The summed E-state index contributed by atoms with van der Waals surface area (Å²) in [7, 11) is 0. The van der Waals surface area contributed by atoms with Gasteiger partial charge in [0.2, 0.25) is 5.82 Å². The minimum Gasteiger partial charge on any atom is -0.346 e. The van der Waals surface area contributed by atoms with E-state index in [-0.39, 0.29) is 36.1 Å². The Balaban J connectivity index is 0.00000243. The molecule has 0 radical (unpaired) electrons. The van der Waals surface area contributed by atoms with Gasteiger partial charge in [0.05, 0.1) is 10.7 Å². The van der Waals surface area contributed by atoms with E-state index in [1.165, 1.54) is 0 Å². The Morgan fingerprint density at radius 1 is 1.38 bits per heavy atom. The summed E-state index contributed by atoms with van der Waals surface area (Å²) >= 11 is 6.30. The predicted molar refractivity (Wildman–Crippen MR) is 106 cm³/mol. The molecule has 6 nitrogen and oxygen atoms in total. The van der Waals surface area contributed by atoms with Gasteiger partial charge in [-0.2, -0.15) is 0 Å². The summed E-state index contributed by atoms with van der Waals surface area (Å²) in [6, 6.07) is 7.58. The van der Waals surface area contributed by atoms with E-state index in [2.05, 4.69) is 27.6 Å². The fraction of sp³-hybridized carbons (Fsp3) is 0.500. The van der Waals surface area contributed by atoms with Crippen LogP contribution in [0.2, 0.25) is 5.02 Å². The van der Waals surface area contributed by atoms with E-state index in [9.17, 15) is 4.79 Å². The number of nitrogens with one attached hydrogen (secondary N) is 2. The Hall–Kier alpha value is -1.63. The summed E-state index contributed by atoms with van der Waals surface area (Å²) in [5.74, 6) is 1.17. The standard InChI is InChI=1S/C18H24ClN5O.ClH/c1-11(2)17-22-16(18(25)21-14-8-9-20-10-12(14)3)23-24(17)15-7-5-4-6-13(15)19;/h4-7,11-12,14,20H,8-10H2,1-3H3,(H,21,25);1H. The topological polar surface area (TPSA) is 71.8 Å². The van der Waals surface area contributed by atoms with Crippen molar-refractivity contribution in [1.82, 2.24) is 25.4 Å². The average Bonchev–Trinajstić information content (AvgIpc) is 3.03. The van der Waals surface area contributed by atoms with E-state index in [4.69, 9.17) is 11.6 Å². The van der Waals surface area contributed by atoms with Crippen LogP contribution in [0.15, 0.2) is 24.3 Å². The van der Waals surface area contributed by atoms with E-state index in [0.717, 1.165) is 31.0 Å². The van der Waals surface area contributed by atoms with Crippen molar-refractivity contribution in [3.63, 3.8) is 0 Å². The molecule has 0 saturated carbocycles. The molecule has 2 atom stereocenters. The van der Waals surface area contributed by atoms with Crippen LogP contribution >= 0.6 is 24.0 Å². The van der Waals surface area contributed by atoms with Gasteiger partial charge in [-0.05, 0) is 37.6 Å². The Morgan fingerprint density at radius 3 is 2.77 bits per heavy atom. The van der Waals surface area contributed by atoms with E-state index in [1.54, 1.807) is 10.7 Å². The Morgan fingerprint density at radius 2 is 2.12 bits per heavy atom. The predicted octanol–water partition coefficient (Wildman–Crippen LogP) is 3.19. The molecule has 2 N–H and O–H groups in total. The summed E-state index contributed by atoms with van der Waals surface area (Å²) in [4.78, 5) is 17.1. The van der Waals surface area contributed by atoms with Gasteiger partial charge in [-0.3, -0.25) is 4.79 Å². The number of carbonyl (C=O) groups excluding carboxylic acids is 1. The van der Waals surface area contributed by atoms with E-state index < -0.39 is 0 Å². The number of amides is 1. The summed E-state index contributed by atoms with van der Waals surface area (Å²) in [5, 5.41) is 11.4. The summed E-state index contributed by atoms with van der Waals surface area (Å²) in [6.07, 6.45) is 0.912. The summed E-state index contributed by atoms with van der Waals surface area (Å²) < 4.78 is 1.67. The first-order valence-electron chi connectivity index (χ1n) is 8.70. The van der Waals surface area contributed by atoms with Crippen molar-refractivity contribution in [2.24, 2.45) is 5.92 Å². The van der Waals surface area contributed by atoms with E-state index in [1.807, 2.05) is 32.0 Å². The molecule has 26 heavy (non-hydrogen) atoms. The highest BCUT2D eigenvalue weighted by atomic mass is 35.5. The maximum Gasteiger partial charge on any atom is 0.291 e. The van der Waals surface area contributed by atoms with Crippen LogP contribution in [-0.4, -0.2) is 39.8 Å². The van der Waals surface area contributed by atoms with Crippen molar-refractivity contribution in [2.45, 2.75) is 39.2 Å². The van der Waals surface area contributed by atoms with E-state index >= 15 is 0 Å². The summed E-state index contributed by atoms with van der Waals surface area (Å²) in [5.41, 5.74) is 0.731. The molecule has 0 spiro atoms. The van der Waals surface area contributed by atoms with Crippen LogP contribution in [-0.2, 0) is 0 Å². The highest BCUT2D eigenvalue weighted by Gasteiger charge is 2.26. The molecule has 142 valence electrons. The van der Waals surface area contributed by atoms with Gasteiger partial charge in [-0.25, -0.2) is 9.67 Å². The lowest BCUT2D eigenvalue weighted by molar-refractivity contribution is 0.0903. The highest BCUT2D eigenvalue weighted by molar-refractivity contribution is 6.32. The number of aromatic nitrogens is 3. The quantitative estimate of drug-likeness (QED) is 0.830. The van der Waals surface area contributed by atoms with Crippen molar-refractivity contribution in [1.29, 1.82) is 0 Å². The highest BCUT2D eigenvalue weighted by Crippen LogP contribution is 2.23. The van der Waals surface area contributed by atoms with Crippen LogP contribution < -0.4 is 10.6 Å². The minimum absolute atomic E-state index is 0. The number of para-hydroxylation sites is 1. The largest absolute Gasteiger partial charge is 0.346 e. The van der Waals surface area contributed by atoms with Crippen LogP contribution in [0, 0.1) is 5.92 Å². The molecular weight excluding hydrogens is 373 g/mol. The van der Waals surface area contributed by atoms with Crippen LogP contribution in [0.1, 0.15) is 49.6 Å². The van der Waals surface area contributed by atoms with Crippen molar-refractivity contribution >= 4 is 29.9 Å². The molecule has 2 unspecified atom stereocenters. The normalized spacial score (nSPS) is 19.9. The smallest absolute Gasteiger partial charge is 0.291 e. The number of rotatable bonds is 4. The molecule has 2 aromatic rings. The van der Waals surface area contributed by atoms with Gasteiger partial charge in [-0.15, -0.1) is 17.5 Å². The maximum atomic E-state index is 12.7. The molecule has 1 aromatic heterocycles. The van der Waals surface area contributed by atoms with Crippen LogP contribution in [0.4, 0.5) is 0 Å². The third-order valence-corrected chi connectivity index (χ3v) is 4.85. The molecule has 1 amide bonds. The minimum atomic E-state index is -0.230. The van der Waals surface area contributed by atoms with Crippen molar-refractivity contribution < 1.29 is 4.79 Å². The second-order valence-corrected chi connectivity index (χ2v) is 7.27. The molecule has 1 fully saturated rings. The van der Waals surface area contributed by atoms with Crippen LogP contribution in [0.3, 0.4) is 0 Å². The number of piperidine rings is 1. The first-order chi connectivity index (χ1) is 12.0. The average molecular weight is 398 g/mol. The molecule has 1 aliphatic rings. The number of hydrogen-bond acceptors (Lipinski definition) is 4. The molecular formula is C18H25Cl2N5O. The van der Waals surface area contributed by atoms with Crippen LogP contribution in [0.5, 0.6) is 0 Å². The van der Waals surface area contributed by atoms with Crippen molar-refractivity contribution in [3.8, 4) is 5.69 Å². The lowest BCUT2D eigenvalue weighted by Crippen LogP contribution is -2.48. The third-order valence-electron chi connectivity index (χ3n) is 4.53. The summed E-state index contributed by atoms with van der Waals surface area (Å²) in [6.45, 7) is 7.99. The molecule has 1 aliphatic heterocycles. The third kappa shape index (κ3) is 4.37. The van der Waals surface area contributed by atoms with Gasteiger partial charge < -0.3 is 10.6 Å².